The summed E-state index contributed by atoms with van der Waals surface area (Å²) in [6.07, 6.45) is 1.76. The van der Waals surface area contributed by atoms with Crippen LogP contribution in [0, 0.1) is 6.92 Å². The lowest BCUT2D eigenvalue weighted by Crippen LogP contribution is -1.97. The summed E-state index contributed by atoms with van der Waals surface area (Å²) in [6.45, 7) is 1.97. The first-order valence-electron chi connectivity index (χ1n) is 3.84. The van der Waals surface area contributed by atoms with E-state index in [0.29, 0.717) is 0 Å². The zero-order valence-corrected chi connectivity index (χ0v) is 6.86. The molecule has 0 saturated carbocycles. The van der Waals surface area contributed by atoms with E-state index in [1.165, 1.54) is 5.56 Å². The summed E-state index contributed by atoms with van der Waals surface area (Å²) in [5.74, 6) is 0. The van der Waals surface area contributed by atoms with E-state index in [1.807, 2.05) is 19.1 Å². The van der Waals surface area contributed by atoms with E-state index >= 15 is 0 Å². The van der Waals surface area contributed by atoms with Crippen LogP contribution in [0.2, 0.25) is 0 Å². The first-order chi connectivity index (χ1) is 5.81. The minimum absolute atomic E-state index is 0.0629. The van der Waals surface area contributed by atoms with Crippen molar-refractivity contribution in [1.29, 1.82) is 0 Å². The normalized spacial score (nSPS) is 10.8. The molecule has 0 saturated heterocycles. The summed E-state index contributed by atoms with van der Waals surface area (Å²) in [7, 11) is 0. The van der Waals surface area contributed by atoms with Crippen molar-refractivity contribution in [3.05, 3.63) is 30.0 Å². The highest BCUT2D eigenvalue weighted by molar-refractivity contribution is 5.79. The van der Waals surface area contributed by atoms with Crippen LogP contribution in [0.3, 0.4) is 0 Å². The van der Waals surface area contributed by atoms with E-state index in [-0.39, 0.29) is 6.73 Å². The summed E-state index contributed by atoms with van der Waals surface area (Å²) >= 11 is 0. The van der Waals surface area contributed by atoms with Gasteiger partial charge in [0, 0.05) is 5.39 Å². The number of benzene rings is 1. The first kappa shape index (κ1) is 7.31. The van der Waals surface area contributed by atoms with Crippen molar-refractivity contribution in [3.63, 3.8) is 0 Å². The molecule has 1 aromatic heterocycles. The summed E-state index contributed by atoms with van der Waals surface area (Å²) < 4.78 is 1.56. The van der Waals surface area contributed by atoms with Gasteiger partial charge in [-0.25, -0.2) is 4.68 Å². The van der Waals surface area contributed by atoms with Crippen LogP contribution < -0.4 is 0 Å². The average Bonchev–Trinajstić information content (AvgIpc) is 2.46. The molecule has 1 N–H and O–H groups in total. The minimum Gasteiger partial charge on any atom is -0.374 e. The summed E-state index contributed by atoms with van der Waals surface area (Å²) in [5.41, 5.74) is 2.18. The van der Waals surface area contributed by atoms with Crippen LogP contribution in [0.4, 0.5) is 0 Å². The van der Waals surface area contributed by atoms with E-state index < -0.39 is 0 Å². The zero-order valence-electron chi connectivity index (χ0n) is 6.86. The lowest BCUT2D eigenvalue weighted by molar-refractivity contribution is 0.200. The number of hydrogen-bond acceptors (Lipinski definition) is 2. The standard InChI is InChI=1S/C9H10N2O/c1-7-2-3-9-8(4-7)5-10-11(9)6-12/h2-5,12H,6H2,1H3. The Labute approximate surface area is 70.2 Å². The molecule has 1 heterocycles. The maximum absolute atomic E-state index is 8.89. The van der Waals surface area contributed by atoms with Crippen molar-refractivity contribution in [1.82, 2.24) is 9.78 Å². The van der Waals surface area contributed by atoms with Crippen LogP contribution in [-0.4, -0.2) is 14.9 Å². The lowest BCUT2D eigenvalue weighted by atomic mass is 10.2. The predicted molar refractivity (Wildman–Crippen MR) is 46.7 cm³/mol. The van der Waals surface area contributed by atoms with Gasteiger partial charge in [0.05, 0.1) is 11.7 Å². The van der Waals surface area contributed by atoms with Gasteiger partial charge in [-0.2, -0.15) is 5.10 Å². The quantitative estimate of drug-likeness (QED) is 0.686. The van der Waals surface area contributed by atoms with E-state index in [0.717, 1.165) is 10.9 Å². The molecule has 0 amide bonds. The van der Waals surface area contributed by atoms with Crippen LogP contribution >= 0.6 is 0 Å². The van der Waals surface area contributed by atoms with Crippen molar-refractivity contribution < 1.29 is 5.11 Å². The second kappa shape index (κ2) is 2.60. The molecule has 3 heteroatoms. The van der Waals surface area contributed by atoms with Crippen molar-refractivity contribution in [2.45, 2.75) is 13.7 Å². The van der Waals surface area contributed by atoms with Crippen LogP contribution in [0.15, 0.2) is 24.4 Å². The minimum atomic E-state index is -0.0629. The fourth-order valence-electron chi connectivity index (χ4n) is 1.32. The largest absolute Gasteiger partial charge is 0.374 e. The van der Waals surface area contributed by atoms with Gasteiger partial charge in [0.15, 0.2) is 0 Å². The summed E-state index contributed by atoms with van der Waals surface area (Å²) in [6, 6.07) is 6.03. The molecule has 1 aromatic carbocycles. The van der Waals surface area contributed by atoms with Crippen molar-refractivity contribution in [2.75, 3.05) is 0 Å². The third kappa shape index (κ3) is 0.987. The van der Waals surface area contributed by atoms with Gasteiger partial charge in [-0.05, 0) is 19.1 Å². The SMILES string of the molecule is Cc1ccc2c(cnn2CO)c1. The number of aliphatic hydroxyl groups excluding tert-OH is 1. The second-order valence-corrected chi connectivity index (χ2v) is 2.85. The Hall–Kier alpha value is -1.35. The van der Waals surface area contributed by atoms with E-state index in [2.05, 4.69) is 11.2 Å². The highest BCUT2D eigenvalue weighted by atomic mass is 16.3. The second-order valence-electron chi connectivity index (χ2n) is 2.85. The number of fused-ring (bicyclic) bond motifs is 1. The molecule has 0 aliphatic heterocycles. The molecule has 0 spiro atoms. The fraction of sp³-hybridized carbons (Fsp3) is 0.222. The van der Waals surface area contributed by atoms with Crippen molar-refractivity contribution in [3.8, 4) is 0 Å². The number of rotatable bonds is 1. The lowest BCUT2D eigenvalue weighted by Gasteiger charge is -1.97. The molecule has 2 aromatic rings. The van der Waals surface area contributed by atoms with Gasteiger partial charge < -0.3 is 5.11 Å². The third-order valence-electron chi connectivity index (χ3n) is 1.93. The van der Waals surface area contributed by atoms with Crippen molar-refractivity contribution >= 4 is 10.9 Å². The maximum atomic E-state index is 8.89. The molecular weight excluding hydrogens is 152 g/mol. The Balaban J connectivity index is 2.73. The molecule has 0 aliphatic carbocycles. The average molecular weight is 162 g/mol. The number of aromatic nitrogens is 2. The van der Waals surface area contributed by atoms with Crippen LogP contribution in [0.25, 0.3) is 10.9 Å². The van der Waals surface area contributed by atoms with Crippen molar-refractivity contribution in [2.24, 2.45) is 0 Å². The summed E-state index contributed by atoms with van der Waals surface area (Å²) in [5, 5.41) is 14.0. The smallest absolute Gasteiger partial charge is 0.136 e. The number of aliphatic hydroxyl groups is 1. The Morgan fingerprint density at radius 2 is 2.33 bits per heavy atom. The molecule has 12 heavy (non-hydrogen) atoms. The fourth-order valence-corrected chi connectivity index (χ4v) is 1.32. The van der Waals surface area contributed by atoms with Gasteiger partial charge in [-0.1, -0.05) is 11.6 Å². The van der Waals surface area contributed by atoms with Gasteiger partial charge in [-0.15, -0.1) is 0 Å². The van der Waals surface area contributed by atoms with E-state index in [9.17, 15) is 0 Å². The molecule has 0 unspecified atom stereocenters. The third-order valence-corrected chi connectivity index (χ3v) is 1.93. The van der Waals surface area contributed by atoms with Crippen LogP contribution in [0.1, 0.15) is 5.56 Å². The maximum Gasteiger partial charge on any atom is 0.136 e. The predicted octanol–water partition coefficient (Wildman–Crippen LogP) is 1.29. The molecular formula is C9H10N2O. The Morgan fingerprint density at radius 3 is 3.08 bits per heavy atom. The molecule has 0 bridgehead atoms. The number of nitrogens with zero attached hydrogens (tertiary/aromatic N) is 2. The van der Waals surface area contributed by atoms with Crippen LogP contribution in [-0.2, 0) is 6.73 Å². The topological polar surface area (TPSA) is 38.0 Å². The molecule has 0 radical (unpaired) electrons. The molecule has 2 rings (SSSR count). The molecule has 3 nitrogen and oxygen atoms in total. The Morgan fingerprint density at radius 1 is 1.50 bits per heavy atom. The first-order valence-corrected chi connectivity index (χ1v) is 3.84. The van der Waals surface area contributed by atoms with Gasteiger partial charge in [0.25, 0.3) is 0 Å². The number of aryl methyl sites for hydroxylation is 1. The monoisotopic (exact) mass is 162 g/mol. The van der Waals surface area contributed by atoms with Gasteiger partial charge in [0.2, 0.25) is 0 Å². The Bertz CT molecular complexity index is 406. The molecule has 0 fully saturated rings. The molecule has 62 valence electrons. The zero-order chi connectivity index (χ0) is 8.55. The number of hydrogen-bond donors (Lipinski definition) is 1. The highest BCUT2D eigenvalue weighted by Crippen LogP contribution is 2.14. The van der Waals surface area contributed by atoms with Gasteiger partial charge >= 0.3 is 0 Å². The molecule has 0 atom stereocenters. The van der Waals surface area contributed by atoms with E-state index in [1.54, 1.807) is 10.9 Å². The Kier molecular flexibility index (Phi) is 1.59. The van der Waals surface area contributed by atoms with E-state index in [4.69, 9.17) is 5.11 Å². The summed E-state index contributed by atoms with van der Waals surface area (Å²) in [4.78, 5) is 0. The molecule has 0 aliphatic rings. The van der Waals surface area contributed by atoms with Crippen LogP contribution in [0.5, 0.6) is 0 Å². The van der Waals surface area contributed by atoms with Gasteiger partial charge in [-0.3, -0.25) is 0 Å². The van der Waals surface area contributed by atoms with Gasteiger partial charge in [0.1, 0.15) is 6.73 Å². The highest BCUT2D eigenvalue weighted by Gasteiger charge is 1.99.